The fourth-order valence-corrected chi connectivity index (χ4v) is 5.88. The monoisotopic (exact) mass is 471 g/mol. The first-order valence-corrected chi connectivity index (χ1v) is 12.2. The predicted octanol–water partition coefficient (Wildman–Crippen LogP) is 0.896. The van der Waals surface area contributed by atoms with Crippen molar-refractivity contribution in [2.24, 2.45) is 0 Å². The molecule has 4 unspecified atom stereocenters. The Balaban J connectivity index is 1.19. The predicted molar refractivity (Wildman–Crippen MR) is 114 cm³/mol. The Morgan fingerprint density at radius 3 is 2.70 bits per heavy atom. The fourth-order valence-electron chi connectivity index (χ4n) is 4.50. The molecule has 1 N–H and O–H groups in total. The van der Waals surface area contributed by atoms with Gasteiger partial charge in [-0.3, -0.25) is 0 Å². The molecule has 4 atom stereocenters. The Labute approximate surface area is 189 Å². The standard InChI is InChI=1S/C21H21N5O6S/c27-33(28,11-13-4-2-1-3-5-13)23-15-9-29-20-16(10-30-19(15)20)26-21(22-24-25-26)14-6-7-17-18(8-14)32-12-31-17/h1-8,15-16,19-20,23H,9-12H2. The van der Waals surface area contributed by atoms with Crippen molar-refractivity contribution in [1.29, 1.82) is 0 Å². The Hall–Kier alpha value is -3.06. The summed E-state index contributed by atoms with van der Waals surface area (Å²) in [6.45, 7) is 0.690. The van der Waals surface area contributed by atoms with Gasteiger partial charge in [-0.1, -0.05) is 30.3 Å². The smallest absolute Gasteiger partial charge is 0.231 e. The normalized spacial score (nSPS) is 25.9. The average molecular weight is 471 g/mol. The molecule has 0 bridgehead atoms. The maximum Gasteiger partial charge on any atom is 0.231 e. The maximum atomic E-state index is 12.7. The Kier molecular flexibility index (Phi) is 5.02. The topological polar surface area (TPSA) is 127 Å². The summed E-state index contributed by atoms with van der Waals surface area (Å²) in [5, 5.41) is 12.2. The van der Waals surface area contributed by atoms with Crippen LogP contribution in [0.15, 0.2) is 48.5 Å². The van der Waals surface area contributed by atoms with Gasteiger partial charge in [0.25, 0.3) is 0 Å². The van der Waals surface area contributed by atoms with Gasteiger partial charge >= 0.3 is 0 Å². The van der Waals surface area contributed by atoms with E-state index in [-0.39, 0.29) is 31.3 Å². The van der Waals surface area contributed by atoms with Crippen LogP contribution in [0, 0.1) is 0 Å². The molecular weight excluding hydrogens is 450 g/mol. The van der Waals surface area contributed by atoms with E-state index < -0.39 is 22.2 Å². The van der Waals surface area contributed by atoms with Crippen molar-refractivity contribution >= 4 is 10.0 Å². The number of nitrogens with one attached hydrogen (secondary N) is 1. The van der Waals surface area contributed by atoms with E-state index in [1.165, 1.54) is 0 Å². The molecule has 2 saturated heterocycles. The number of tetrazole rings is 1. The number of benzene rings is 2. The third-order valence-electron chi connectivity index (χ3n) is 6.00. The number of fused-ring (bicyclic) bond motifs is 2. The molecule has 0 amide bonds. The zero-order valence-corrected chi connectivity index (χ0v) is 18.2. The molecule has 2 aromatic carbocycles. The van der Waals surface area contributed by atoms with Gasteiger partial charge in [0.05, 0.1) is 25.0 Å². The van der Waals surface area contributed by atoms with E-state index in [0.717, 1.165) is 5.56 Å². The van der Waals surface area contributed by atoms with Crippen LogP contribution in [-0.4, -0.2) is 66.9 Å². The Morgan fingerprint density at radius 1 is 1.00 bits per heavy atom. The largest absolute Gasteiger partial charge is 0.454 e. The third-order valence-corrected chi connectivity index (χ3v) is 7.37. The molecule has 0 saturated carbocycles. The van der Waals surface area contributed by atoms with Crippen LogP contribution in [0.1, 0.15) is 11.6 Å². The molecular formula is C21H21N5O6S. The molecule has 3 aromatic rings. The summed E-state index contributed by atoms with van der Waals surface area (Å²) in [5.74, 6) is 1.74. The molecule has 2 fully saturated rings. The lowest BCUT2D eigenvalue weighted by atomic mass is 10.1. The quantitative estimate of drug-likeness (QED) is 0.558. The van der Waals surface area contributed by atoms with E-state index >= 15 is 0 Å². The molecule has 172 valence electrons. The second kappa shape index (κ2) is 8.06. The van der Waals surface area contributed by atoms with E-state index in [9.17, 15) is 8.42 Å². The molecule has 12 heteroatoms. The molecule has 0 aliphatic carbocycles. The highest BCUT2D eigenvalue weighted by Crippen LogP contribution is 2.38. The minimum absolute atomic E-state index is 0.105. The first kappa shape index (κ1) is 20.5. The molecule has 0 radical (unpaired) electrons. The molecule has 6 rings (SSSR count). The number of rotatable bonds is 6. The van der Waals surface area contributed by atoms with Gasteiger partial charge in [0.15, 0.2) is 17.3 Å². The van der Waals surface area contributed by atoms with E-state index in [4.69, 9.17) is 18.9 Å². The number of ether oxygens (including phenoxy) is 4. The highest BCUT2D eigenvalue weighted by molar-refractivity contribution is 7.88. The van der Waals surface area contributed by atoms with Crippen LogP contribution in [0.2, 0.25) is 0 Å². The lowest BCUT2D eigenvalue weighted by Gasteiger charge is -2.18. The van der Waals surface area contributed by atoms with Gasteiger partial charge in [-0.25, -0.2) is 17.8 Å². The van der Waals surface area contributed by atoms with Crippen molar-refractivity contribution in [2.75, 3.05) is 20.0 Å². The SMILES string of the molecule is O=S(=O)(Cc1ccccc1)NC1COC2C1OCC2n1nnnc1-c1ccc2c(c1)OCO2. The van der Waals surface area contributed by atoms with Crippen LogP contribution in [0.25, 0.3) is 11.4 Å². The van der Waals surface area contributed by atoms with Crippen LogP contribution >= 0.6 is 0 Å². The number of hydrogen-bond donors (Lipinski definition) is 1. The molecule has 0 spiro atoms. The van der Waals surface area contributed by atoms with E-state index in [1.54, 1.807) is 16.8 Å². The van der Waals surface area contributed by atoms with Gasteiger partial charge in [-0.2, -0.15) is 0 Å². The van der Waals surface area contributed by atoms with Crippen LogP contribution in [-0.2, 0) is 25.2 Å². The molecule has 33 heavy (non-hydrogen) atoms. The summed E-state index contributed by atoms with van der Waals surface area (Å²) in [4.78, 5) is 0. The molecule has 4 heterocycles. The second-order valence-corrected chi connectivity index (χ2v) is 9.90. The van der Waals surface area contributed by atoms with Crippen molar-refractivity contribution in [3.63, 3.8) is 0 Å². The zero-order chi connectivity index (χ0) is 22.4. The van der Waals surface area contributed by atoms with Gasteiger partial charge in [-0.15, -0.1) is 5.10 Å². The fraction of sp³-hybridized carbons (Fsp3) is 0.381. The number of nitrogens with zero attached hydrogens (tertiary/aromatic N) is 4. The number of sulfonamides is 1. The molecule has 11 nitrogen and oxygen atoms in total. The summed E-state index contributed by atoms with van der Waals surface area (Å²) in [6, 6.07) is 13.8. The van der Waals surface area contributed by atoms with Crippen molar-refractivity contribution in [3.8, 4) is 22.9 Å². The molecule has 1 aromatic heterocycles. The van der Waals surface area contributed by atoms with Crippen molar-refractivity contribution in [1.82, 2.24) is 24.9 Å². The number of hydrogen-bond acceptors (Lipinski definition) is 9. The minimum Gasteiger partial charge on any atom is -0.454 e. The summed E-state index contributed by atoms with van der Waals surface area (Å²) >= 11 is 0. The van der Waals surface area contributed by atoms with Gasteiger partial charge in [0, 0.05) is 5.56 Å². The Bertz CT molecular complexity index is 1270. The highest BCUT2D eigenvalue weighted by atomic mass is 32.2. The summed E-state index contributed by atoms with van der Waals surface area (Å²) < 4.78 is 52.6. The van der Waals surface area contributed by atoms with Gasteiger partial charge in [-0.05, 0) is 34.2 Å². The van der Waals surface area contributed by atoms with Crippen LogP contribution < -0.4 is 14.2 Å². The van der Waals surface area contributed by atoms with E-state index in [0.29, 0.717) is 29.5 Å². The van der Waals surface area contributed by atoms with Gasteiger partial charge in [0.1, 0.15) is 18.2 Å². The summed E-state index contributed by atoms with van der Waals surface area (Å²) in [6.07, 6.45) is -0.819. The van der Waals surface area contributed by atoms with E-state index in [1.807, 2.05) is 36.4 Å². The Morgan fingerprint density at radius 2 is 1.82 bits per heavy atom. The summed E-state index contributed by atoms with van der Waals surface area (Å²) in [5.41, 5.74) is 1.48. The van der Waals surface area contributed by atoms with Crippen LogP contribution in [0.3, 0.4) is 0 Å². The van der Waals surface area contributed by atoms with Crippen molar-refractivity contribution in [3.05, 3.63) is 54.1 Å². The van der Waals surface area contributed by atoms with Gasteiger partial charge < -0.3 is 18.9 Å². The molecule has 3 aliphatic heterocycles. The maximum absolute atomic E-state index is 12.7. The first-order chi connectivity index (χ1) is 16.1. The lowest BCUT2D eigenvalue weighted by Crippen LogP contribution is -2.44. The second-order valence-electron chi connectivity index (χ2n) is 8.15. The van der Waals surface area contributed by atoms with E-state index in [2.05, 4.69) is 20.2 Å². The lowest BCUT2D eigenvalue weighted by molar-refractivity contribution is 0.0626. The summed E-state index contributed by atoms with van der Waals surface area (Å²) in [7, 11) is -3.57. The number of aromatic nitrogens is 4. The van der Waals surface area contributed by atoms with Crippen LogP contribution in [0.5, 0.6) is 11.5 Å². The minimum atomic E-state index is -3.57. The molecule has 3 aliphatic rings. The van der Waals surface area contributed by atoms with Crippen molar-refractivity contribution in [2.45, 2.75) is 30.0 Å². The average Bonchev–Trinajstić information content (AvgIpc) is 3.58. The highest BCUT2D eigenvalue weighted by Gasteiger charge is 2.50. The first-order valence-electron chi connectivity index (χ1n) is 10.5. The third kappa shape index (κ3) is 3.84. The zero-order valence-electron chi connectivity index (χ0n) is 17.4. The van der Waals surface area contributed by atoms with Crippen LogP contribution in [0.4, 0.5) is 0 Å². The van der Waals surface area contributed by atoms with Gasteiger partial charge in [0.2, 0.25) is 16.8 Å². The van der Waals surface area contributed by atoms with Crippen molar-refractivity contribution < 1.29 is 27.4 Å².